The molecule has 1 aromatic heterocycles. The Morgan fingerprint density at radius 2 is 1.86 bits per heavy atom. The third kappa shape index (κ3) is 5.45. The standard InChI is InChI=1S/C20H27N3O5S/c1-5-23(6-2)29(26,27)17-10-9-14(3)18(12-17)20(25)22-15(4)19(24)21-13-16-8-7-11-28-16/h7-12,15H,5-6,13H2,1-4H3,(H,21,24)(H,22,25). The van der Waals surface area contributed by atoms with Gasteiger partial charge in [0.05, 0.1) is 17.7 Å². The minimum atomic E-state index is -3.69. The Labute approximate surface area is 171 Å². The van der Waals surface area contributed by atoms with E-state index in [0.717, 1.165) is 0 Å². The highest BCUT2D eigenvalue weighted by molar-refractivity contribution is 7.89. The Balaban J connectivity index is 2.12. The molecule has 2 aromatic rings. The van der Waals surface area contributed by atoms with Crippen LogP contribution in [0.4, 0.5) is 0 Å². The van der Waals surface area contributed by atoms with Gasteiger partial charge in [-0.25, -0.2) is 8.42 Å². The van der Waals surface area contributed by atoms with E-state index in [-0.39, 0.29) is 22.9 Å². The SMILES string of the molecule is CCN(CC)S(=O)(=O)c1ccc(C)c(C(=O)NC(C)C(=O)NCc2ccco2)c1. The van der Waals surface area contributed by atoms with Crippen LogP contribution in [0.25, 0.3) is 0 Å². The van der Waals surface area contributed by atoms with Crippen LogP contribution in [0.15, 0.2) is 45.9 Å². The summed E-state index contributed by atoms with van der Waals surface area (Å²) in [6.07, 6.45) is 1.51. The van der Waals surface area contributed by atoms with E-state index in [1.54, 1.807) is 45.9 Å². The number of hydrogen-bond acceptors (Lipinski definition) is 5. The molecule has 1 heterocycles. The van der Waals surface area contributed by atoms with Gasteiger partial charge in [0, 0.05) is 18.7 Å². The van der Waals surface area contributed by atoms with E-state index in [1.165, 1.54) is 22.7 Å². The van der Waals surface area contributed by atoms with Gasteiger partial charge in [0.2, 0.25) is 15.9 Å². The molecule has 1 unspecified atom stereocenters. The summed E-state index contributed by atoms with van der Waals surface area (Å²) in [7, 11) is -3.69. The van der Waals surface area contributed by atoms with Crippen molar-refractivity contribution in [2.24, 2.45) is 0 Å². The molecule has 2 N–H and O–H groups in total. The highest BCUT2D eigenvalue weighted by Crippen LogP contribution is 2.19. The molecule has 0 spiro atoms. The number of hydrogen-bond donors (Lipinski definition) is 2. The summed E-state index contributed by atoms with van der Waals surface area (Å²) >= 11 is 0. The number of nitrogens with zero attached hydrogens (tertiary/aromatic N) is 1. The number of carbonyl (C=O) groups excluding carboxylic acids is 2. The first-order valence-corrected chi connectivity index (χ1v) is 10.9. The molecule has 158 valence electrons. The second-order valence-corrected chi connectivity index (χ2v) is 8.50. The van der Waals surface area contributed by atoms with Crippen LogP contribution >= 0.6 is 0 Å². The summed E-state index contributed by atoms with van der Waals surface area (Å²) < 4.78 is 31.9. The van der Waals surface area contributed by atoms with Gasteiger partial charge in [-0.1, -0.05) is 19.9 Å². The minimum absolute atomic E-state index is 0.0480. The molecule has 0 saturated carbocycles. The summed E-state index contributed by atoms with van der Waals surface area (Å²) in [6, 6.07) is 7.07. The lowest BCUT2D eigenvalue weighted by molar-refractivity contribution is -0.122. The van der Waals surface area contributed by atoms with Crippen molar-refractivity contribution < 1.29 is 22.4 Å². The topological polar surface area (TPSA) is 109 Å². The first-order valence-electron chi connectivity index (χ1n) is 9.42. The predicted octanol–water partition coefficient (Wildman–Crippen LogP) is 2.05. The van der Waals surface area contributed by atoms with E-state index < -0.39 is 22.0 Å². The molecule has 9 heteroatoms. The molecular weight excluding hydrogens is 394 g/mol. The third-order valence-electron chi connectivity index (χ3n) is 4.55. The van der Waals surface area contributed by atoms with Crippen molar-refractivity contribution in [2.75, 3.05) is 13.1 Å². The summed E-state index contributed by atoms with van der Waals surface area (Å²) in [5, 5.41) is 5.28. The third-order valence-corrected chi connectivity index (χ3v) is 6.60. The minimum Gasteiger partial charge on any atom is -0.467 e. The second kappa shape index (κ2) is 9.71. The number of carbonyl (C=O) groups is 2. The summed E-state index contributed by atoms with van der Waals surface area (Å²) in [5.41, 5.74) is 0.827. The average molecular weight is 422 g/mol. The lowest BCUT2D eigenvalue weighted by atomic mass is 10.1. The van der Waals surface area contributed by atoms with E-state index in [1.807, 2.05) is 0 Å². The van der Waals surface area contributed by atoms with Gasteiger partial charge >= 0.3 is 0 Å². The van der Waals surface area contributed by atoms with Crippen molar-refractivity contribution in [1.82, 2.24) is 14.9 Å². The van der Waals surface area contributed by atoms with Crippen LogP contribution in [0.2, 0.25) is 0 Å². The Morgan fingerprint density at radius 1 is 1.17 bits per heavy atom. The van der Waals surface area contributed by atoms with Crippen molar-refractivity contribution in [3.8, 4) is 0 Å². The quantitative estimate of drug-likeness (QED) is 0.644. The second-order valence-electron chi connectivity index (χ2n) is 6.56. The number of furan rings is 1. The van der Waals surface area contributed by atoms with E-state index >= 15 is 0 Å². The molecule has 0 aliphatic heterocycles. The van der Waals surface area contributed by atoms with Gasteiger partial charge in [-0.15, -0.1) is 0 Å². The lowest BCUT2D eigenvalue weighted by Crippen LogP contribution is -2.44. The van der Waals surface area contributed by atoms with Crippen LogP contribution in [0, 0.1) is 6.92 Å². The van der Waals surface area contributed by atoms with Crippen molar-refractivity contribution in [2.45, 2.75) is 45.2 Å². The predicted molar refractivity (Wildman–Crippen MR) is 109 cm³/mol. The average Bonchev–Trinajstić information content (AvgIpc) is 3.20. The maximum atomic E-state index is 12.7. The number of amides is 2. The van der Waals surface area contributed by atoms with Gasteiger partial charge in [0.25, 0.3) is 5.91 Å². The number of sulfonamides is 1. The molecule has 29 heavy (non-hydrogen) atoms. The summed E-state index contributed by atoms with van der Waals surface area (Å²) in [4.78, 5) is 24.9. The summed E-state index contributed by atoms with van der Waals surface area (Å²) in [6.45, 7) is 7.66. The van der Waals surface area contributed by atoms with Crippen molar-refractivity contribution >= 4 is 21.8 Å². The first kappa shape index (κ1) is 22.6. The number of benzene rings is 1. The van der Waals surface area contributed by atoms with Gasteiger partial charge in [0.15, 0.2) is 0 Å². The molecule has 1 atom stereocenters. The molecule has 0 aliphatic carbocycles. The number of aryl methyl sites for hydroxylation is 1. The highest BCUT2D eigenvalue weighted by atomic mass is 32.2. The van der Waals surface area contributed by atoms with E-state index in [4.69, 9.17) is 4.42 Å². The number of nitrogens with one attached hydrogen (secondary N) is 2. The van der Waals surface area contributed by atoms with E-state index in [9.17, 15) is 18.0 Å². The zero-order valence-electron chi connectivity index (χ0n) is 17.1. The Morgan fingerprint density at radius 3 is 2.45 bits per heavy atom. The molecule has 2 rings (SSSR count). The molecule has 8 nitrogen and oxygen atoms in total. The Kier molecular flexibility index (Phi) is 7.58. The zero-order chi connectivity index (χ0) is 21.6. The van der Waals surface area contributed by atoms with Crippen molar-refractivity contribution in [1.29, 1.82) is 0 Å². The first-order chi connectivity index (χ1) is 13.7. The fourth-order valence-electron chi connectivity index (χ4n) is 2.80. The molecular formula is C20H27N3O5S. The van der Waals surface area contributed by atoms with Crippen LogP contribution in [0.5, 0.6) is 0 Å². The van der Waals surface area contributed by atoms with Gasteiger partial charge in [-0.05, 0) is 43.7 Å². The van der Waals surface area contributed by atoms with Gasteiger partial charge in [0.1, 0.15) is 11.8 Å². The molecule has 1 aromatic carbocycles. The fraction of sp³-hybridized carbons (Fsp3) is 0.400. The maximum absolute atomic E-state index is 12.7. The molecule has 0 fully saturated rings. The fourth-order valence-corrected chi connectivity index (χ4v) is 4.28. The Bertz CT molecular complexity index is 951. The van der Waals surface area contributed by atoms with E-state index in [2.05, 4.69) is 10.6 Å². The van der Waals surface area contributed by atoms with Gasteiger partial charge in [-0.3, -0.25) is 9.59 Å². The largest absolute Gasteiger partial charge is 0.467 e. The van der Waals surface area contributed by atoms with Crippen LogP contribution in [0.1, 0.15) is 42.5 Å². The van der Waals surface area contributed by atoms with Crippen LogP contribution in [-0.4, -0.2) is 43.7 Å². The van der Waals surface area contributed by atoms with Crippen molar-refractivity contribution in [3.63, 3.8) is 0 Å². The normalized spacial score (nSPS) is 12.6. The monoisotopic (exact) mass is 421 g/mol. The van der Waals surface area contributed by atoms with Crippen LogP contribution < -0.4 is 10.6 Å². The van der Waals surface area contributed by atoms with Crippen LogP contribution in [0.3, 0.4) is 0 Å². The lowest BCUT2D eigenvalue weighted by Gasteiger charge is -2.19. The molecule has 2 amide bonds. The zero-order valence-corrected chi connectivity index (χ0v) is 17.9. The van der Waals surface area contributed by atoms with Gasteiger partial charge in [-0.2, -0.15) is 4.31 Å². The molecule has 0 bridgehead atoms. The molecule has 0 aliphatic rings. The number of rotatable bonds is 9. The highest BCUT2D eigenvalue weighted by Gasteiger charge is 2.24. The Hall–Kier alpha value is -2.65. The van der Waals surface area contributed by atoms with Crippen LogP contribution in [-0.2, 0) is 21.4 Å². The molecule has 0 saturated heterocycles. The van der Waals surface area contributed by atoms with E-state index in [0.29, 0.717) is 24.4 Å². The molecule has 0 radical (unpaired) electrons. The van der Waals surface area contributed by atoms with Crippen molar-refractivity contribution in [3.05, 3.63) is 53.5 Å². The van der Waals surface area contributed by atoms with Gasteiger partial charge < -0.3 is 15.1 Å². The maximum Gasteiger partial charge on any atom is 0.252 e. The smallest absolute Gasteiger partial charge is 0.252 e. The summed E-state index contributed by atoms with van der Waals surface area (Å²) in [5.74, 6) is -0.291.